The van der Waals surface area contributed by atoms with Crippen molar-refractivity contribution in [1.82, 2.24) is 0 Å². The lowest BCUT2D eigenvalue weighted by Crippen LogP contribution is -2.30. The molecule has 0 saturated heterocycles. The van der Waals surface area contributed by atoms with Crippen LogP contribution in [-0.2, 0) is 9.53 Å². The van der Waals surface area contributed by atoms with Crippen LogP contribution in [0.2, 0.25) is 0 Å². The highest BCUT2D eigenvalue weighted by Gasteiger charge is 2.11. The van der Waals surface area contributed by atoms with Gasteiger partial charge in [0.2, 0.25) is 0 Å². The monoisotopic (exact) mass is 368 g/mol. The number of hydrogen-bond donors (Lipinski definition) is 1. The van der Waals surface area contributed by atoms with Crippen LogP contribution in [0.5, 0.6) is 0 Å². The van der Waals surface area contributed by atoms with Gasteiger partial charge < -0.3 is 15.0 Å². The number of esters is 1. The summed E-state index contributed by atoms with van der Waals surface area (Å²) in [5.41, 5.74) is 2.46. The average molecular weight is 368 g/mol. The van der Waals surface area contributed by atoms with Gasteiger partial charge in [0.25, 0.3) is 5.91 Å². The molecule has 0 unspecified atom stereocenters. The molecular weight excluding hydrogens is 344 g/mol. The molecule has 0 spiro atoms. The Balaban J connectivity index is 1.87. The van der Waals surface area contributed by atoms with Crippen LogP contribution in [-0.4, -0.2) is 37.4 Å². The van der Waals surface area contributed by atoms with E-state index in [1.165, 1.54) is 24.3 Å². The number of rotatable bonds is 8. The molecule has 0 aliphatic heterocycles. The maximum absolute atomic E-state index is 12.0. The van der Waals surface area contributed by atoms with Crippen LogP contribution in [0.1, 0.15) is 41.5 Å². The van der Waals surface area contributed by atoms with Gasteiger partial charge in [-0.15, -0.1) is 0 Å². The molecule has 0 atom stereocenters. The Bertz CT molecular complexity index is 783. The van der Waals surface area contributed by atoms with Crippen molar-refractivity contribution >= 4 is 29.5 Å². The minimum absolute atomic E-state index is 0.283. The molecule has 0 aliphatic carbocycles. The van der Waals surface area contributed by atoms with Crippen molar-refractivity contribution in [2.75, 3.05) is 23.4 Å². The van der Waals surface area contributed by atoms with Crippen LogP contribution in [0.15, 0.2) is 48.5 Å². The Morgan fingerprint density at radius 2 is 1.70 bits per heavy atom. The molecule has 1 N–H and O–H groups in total. The number of hydrogen-bond acceptors (Lipinski definition) is 5. The summed E-state index contributed by atoms with van der Waals surface area (Å²) in [5.74, 6) is -1.04. The first-order chi connectivity index (χ1) is 12.9. The molecule has 0 fully saturated rings. The maximum Gasteiger partial charge on any atom is 0.338 e. The smallest absolute Gasteiger partial charge is 0.338 e. The van der Waals surface area contributed by atoms with E-state index in [4.69, 9.17) is 4.74 Å². The molecule has 1 amide bonds. The third-order valence-corrected chi connectivity index (χ3v) is 4.06. The van der Waals surface area contributed by atoms with Crippen LogP contribution in [0.4, 0.5) is 11.4 Å². The lowest BCUT2D eigenvalue weighted by Gasteiger charge is -2.27. The second-order valence-corrected chi connectivity index (χ2v) is 6.29. The number of aldehydes is 1. The molecule has 0 bridgehead atoms. The molecule has 2 aromatic rings. The van der Waals surface area contributed by atoms with E-state index < -0.39 is 11.9 Å². The summed E-state index contributed by atoms with van der Waals surface area (Å²) in [5, 5.41) is 2.70. The third kappa shape index (κ3) is 5.67. The predicted octanol–water partition coefficient (Wildman–Crippen LogP) is 3.53. The zero-order valence-electron chi connectivity index (χ0n) is 15.8. The van der Waals surface area contributed by atoms with Crippen molar-refractivity contribution in [3.63, 3.8) is 0 Å². The molecule has 0 aliphatic rings. The Labute approximate surface area is 159 Å². The number of amides is 1. The van der Waals surface area contributed by atoms with E-state index >= 15 is 0 Å². The molecule has 0 aromatic heterocycles. The summed E-state index contributed by atoms with van der Waals surface area (Å²) in [6, 6.07) is 13.9. The Morgan fingerprint density at radius 1 is 1.07 bits per heavy atom. The summed E-state index contributed by atoms with van der Waals surface area (Å²) < 4.78 is 5.00. The van der Waals surface area contributed by atoms with Gasteiger partial charge in [-0.05, 0) is 57.2 Å². The van der Waals surface area contributed by atoms with E-state index in [0.717, 1.165) is 12.2 Å². The number of anilines is 2. The first kappa shape index (κ1) is 20.2. The standard InChI is InChI=1S/C21H24N2O4/c1-4-23(15(2)3)19-11-9-18(10-12-19)22-20(25)14-27-21(26)17-7-5-16(13-24)6-8-17/h5-13,15H,4,14H2,1-3H3,(H,22,25). The average Bonchev–Trinajstić information content (AvgIpc) is 2.68. The van der Waals surface area contributed by atoms with Gasteiger partial charge in [0, 0.05) is 29.5 Å². The van der Waals surface area contributed by atoms with Crippen molar-refractivity contribution in [2.24, 2.45) is 0 Å². The summed E-state index contributed by atoms with van der Waals surface area (Å²) >= 11 is 0. The SMILES string of the molecule is CCN(c1ccc(NC(=O)COC(=O)c2ccc(C=O)cc2)cc1)C(C)C. The van der Waals surface area contributed by atoms with E-state index in [1.54, 1.807) is 0 Å². The molecule has 2 aromatic carbocycles. The lowest BCUT2D eigenvalue weighted by molar-refractivity contribution is -0.119. The lowest BCUT2D eigenvalue weighted by atomic mass is 10.1. The fourth-order valence-corrected chi connectivity index (χ4v) is 2.69. The normalized spacial score (nSPS) is 10.4. The van der Waals surface area contributed by atoms with Crippen LogP contribution in [0, 0.1) is 0 Å². The molecule has 0 heterocycles. The molecule has 2 rings (SSSR count). The molecule has 0 radical (unpaired) electrons. The molecule has 6 heteroatoms. The molecular formula is C21H24N2O4. The quantitative estimate of drug-likeness (QED) is 0.570. The van der Waals surface area contributed by atoms with Gasteiger partial charge in [0.1, 0.15) is 6.29 Å². The molecule has 0 saturated carbocycles. The number of carbonyl (C=O) groups is 3. The van der Waals surface area contributed by atoms with E-state index in [9.17, 15) is 14.4 Å². The van der Waals surface area contributed by atoms with Gasteiger partial charge >= 0.3 is 5.97 Å². The summed E-state index contributed by atoms with van der Waals surface area (Å²) in [4.78, 5) is 36.8. The molecule has 142 valence electrons. The van der Waals surface area contributed by atoms with Crippen LogP contribution in [0.3, 0.4) is 0 Å². The number of nitrogens with zero attached hydrogens (tertiary/aromatic N) is 1. The minimum Gasteiger partial charge on any atom is -0.452 e. The van der Waals surface area contributed by atoms with Crippen molar-refractivity contribution in [3.8, 4) is 0 Å². The topological polar surface area (TPSA) is 75.7 Å². The van der Waals surface area contributed by atoms with E-state index in [0.29, 0.717) is 23.6 Å². The van der Waals surface area contributed by atoms with Crippen molar-refractivity contribution in [2.45, 2.75) is 26.8 Å². The fourth-order valence-electron chi connectivity index (χ4n) is 2.69. The van der Waals surface area contributed by atoms with Crippen LogP contribution < -0.4 is 10.2 Å². The second-order valence-electron chi connectivity index (χ2n) is 6.29. The van der Waals surface area contributed by atoms with E-state index in [-0.39, 0.29) is 12.2 Å². The Kier molecular flexibility index (Phi) is 7.11. The molecule has 27 heavy (non-hydrogen) atoms. The Morgan fingerprint density at radius 3 is 2.22 bits per heavy atom. The van der Waals surface area contributed by atoms with Crippen LogP contribution in [0.25, 0.3) is 0 Å². The first-order valence-electron chi connectivity index (χ1n) is 8.83. The predicted molar refractivity (Wildman–Crippen MR) is 105 cm³/mol. The van der Waals surface area contributed by atoms with Gasteiger partial charge in [-0.25, -0.2) is 4.79 Å². The summed E-state index contributed by atoms with van der Waals surface area (Å²) in [6.45, 7) is 6.85. The van der Waals surface area contributed by atoms with Gasteiger partial charge in [-0.2, -0.15) is 0 Å². The third-order valence-electron chi connectivity index (χ3n) is 4.06. The largest absolute Gasteiger partial charge is 0.452 e. The van der Waals surface area contributed by atoms with Crippen molar-refractivity contribution in [1.29, 1.82) is 0 Å². The van der Waals surface area contributed by atoms with E-state index in [2.05, 4.69) is 31.0 Å². The zero-order chi connectivity index (χ0) is 19.8. The maximum atomic E-state index is 12.0. The summed E-state index contributed by atoms with van der Waals surface area (Å²) in [6.07, 6.45) is 0.689. The van der Waals surface area contributed by atoms with Gasteiger partial charge in [-0.1, -0.05) is 12.1 Å². The minimum atomic E-state index is -0.617. The van der Waals surface area contributed by atoms with Crippen LogP contribution >= 0.6 is 0 Å². The highest BCUT2D eigenvalue weighted by atomic mass is 16.5. The first-order valence-corrected chi connectivity index (χ1v) is 8.83. The van der Waals surface area contributed by atoms with E-state index in [1.807, 2.05) is 24.3 Å². The Hall–Kier alpha value is -3.15. The van der Waals surface area contributed by atoms with Gasteiger partial charge in [0.15, 0.2) is 6.61 Å². The number of nitrogens with one attached hydrogen (secondary N) is 1. The second kappa shape index (κ2) is 9.52. The highest BCUT2D eigenvalue weighted by molar-refractivity contribution is 5.95. The van der Waals surface area contributed by atoms with Crippen molar-refractivity contribution in [3.05, 3.63) is 59.7 Å². The number of ether oxygens (including phenoxy) is 1. The molecule has 6 nitrogen and oxygen atoms in total. The van der Waals surface area contributed by atoms with Gasteiger partial charge in [-0.3, -0.25) is 9.59 Å². The van der Waals surface area contributed by atoms with Gasteiger partial charge in [0.05, 0.1) is 5.56 Å². The zero-order valence-corrected chi connectivity index (χ0v) is 15.8. The fraction of sp³-hybridized carbons (Fsp3) is 0.286. The number of carbonyl (C=O) groups excluding carboxylic acids is 3. The van der Waals surface area contributed by atoms with Crippen molar-refractivity contribution < 1.29 is 19.1 Å². The summed E-state index contributed by atoms with van der Waals surface area (Å²) in [7, 11) is 0. The highest BCUT2D eigenvalue weighted by Crippen LogP contribution is 2.19. The number of benzene rings is 2.